The minimum atomic E-state index is -0.896. The largest absolute Gasteiger partial charge is 0.355 e. The van der Waals surface area contributed by atoms with E-state index in [1.54, 1.807) is 12.3 Å². The van der Waals surface area contributed by atoms with E-state index in [1.807, 2.05) is 6.07 Å². The monoisotopic (exact) mass is 436 g/mol. The number of carbonyl (C=O) groups excluding carboxylic acids is 1. The Morgan fingerprint density at radius 2 is 1.81 bits per heavy atom. The number of pyridine rings is 1. The molecular formula is C25H26F2N4O. The fraction of sp³-hybridized carbons (Fsp3) is 0.280. The van der Waals surface area contributed by atoms with Crippen LogP contribution in [0.15, 0.2) is 60.8 Å². The van der Waals surface area contributed by atoms with Crippen molar-refractivity contribution < 1.29 is 13.6 Å². The Morgan fingerprint density at radius 1 is 1.00 bits per heavy atom. The average Bonchev–Trinajstić information content (AvgIpc) is 3.01. The zero-order valence-corrected chi connectivity index (χ0v) is 18.0. The third kappa shape index (κ3) is 5.48. The van der Waals surface area contributed by atoms with Gasteiger partial charge < -0.3 is 10.2 Å². The van der Waals surface area contributed by atoms with Crippen molar-refractivity contribution in [1.29, 1.82) is 0 Å². The molecule has 1 amide bonds. The molecule has 0 spiro atoms. The maximum absolute atomic E-state index is 13.8. The van der Waals surface area contributed by atoms with Crippen LogP contribution < -0.4 is 10.2 Å². The highest BCUT2D eigenvalue weighted by Crippen LogP contribution is 2.19. The molecule has 3 aromatic rings. The molecule has 0 atom stereocenters. The van der Waals surface area contributed by atoms with Crippen LogP contribution in [-0.2, 0) is 6.54 Å². The van der Waals surface area contributed by atoms with Crippen LogP contribution in [0.4, 0.5) is 20.3 Å². The van der Waals surface area contributed by atoms with Gasteiger partial charge in [0.1, 0.15) is 17.5 Å². The lowest BCUT2D eigenvalue weighted by Crippen LogP contribution is -2.31. The van der Waals surface area contributed by atoms with Gasteiger partial charge in [0.2, 0.25) is 0 Å². The molecule has 1 aliphatic rings. The molecule has 4 rings (SSSR count). The summed E-state index contributed by atoms with van der Waals surface area (Å²) in [7, 11) is 0. The van der Waals surface area contributed by atoms with Gasteiger partial charge in [-0.1, -0.05) is 29.8 Å². The second kappa shape index (κ2) is 9.87. The first-order valence-corrected chi connectivity index (χ1v) is 10.7. The molecule has 0 radical (unpaired) electrons. The highest BCUT2D eigenvalue weighted by Gasteiger charge is 2.17. The molecule has 5 nitrogen and oxygen atoms in total. The standard InChI is InChI=1S/C25H26F2N4O/c1-18-3-5-19(6-4-18)17-30-11-2-12-31(14-13-30)24-10-8-21(16-28-24)29-25(32)22-9-7-20(26)15-23(22)27/h3-10,15-16H,2,11-14,17H2,1H3,(H,29,32). The molecule has 32 heavy (non-hydrogen) atoms. The number of rotatable bonds is 5. The third-order valence-electron chi connectivity index (χ3n) is 5.62. The highest BCUT2D eigenvalue weighted by molar-refractivity contribution is 6.04. The van der Waals surface area contributed by atoms with E-state index in [9.17, 15) is 13.6 Å². The van der Waals surface area contributed by atoms with Crippen LogP contribution in [0.25, 0.3) is 0 Å². The van der Waals surface area contributed by atoms with Gasteiger partial charge in [-0.3, -0.25) is 9.69 Å². The maximum atomic E-state index is 13.8. The smallest absolute Gasteiger partial charge is 0.258 e. The molecule has 1 aliphatic heterocycles. The lowest BCUT2D eigenvalue weighted by Gasteiger charge is -2.23. The second-order valence-electron chi connectivity index (χ2n) is 8.09. The summed E-state index contributed by atoms with van der Waals surface area (Å²) < 4.78 is 26.9. The Labute approximate surface area is 186 Å². The van der Waals surface area contributed by atoms with Crippen LogP contribution in [-0.4, -0.2) is 42.0 Å². The molecule has 166 valence electrons. The van der Waals surface area contributed by atoms with Gasteiger partial charge in [-0.05, 0) is 43.2 Å². The highest BCUT2D eigenvalue weighted by atomic mass is 19.1. The Morgan fingerprint density at radius 3 is 2.53 bits per heavy atom. The van der Waals surface area contributed by atoms with Crippen LogP contribution in [0.3, 0.4) is 0 Å². The molecular weight excluding hydrogens is 410 g/mol. The van der Waals surface area contributed by atoms with Gasteiger partial charge in [-0.15, -0.1) is 0 Å². The Bertz CT molecular complexity index is 1070. The van der Waals surface area contributed by atoms with E-state index < -0.39 is 17.5 Å². The van der Waals surface area contributed by atoms with Crippen molar-refractivity contribution in [3.05, 3.63) is 89.1 Å². The Hall–Kier alpha value is -3.32. The number of carbonyl (C=O) groups is 1. The summed E-state index contributed by atoms with van der Waals surface area (Å²) in [4.78, 5) is 21.4. The van der Waals surface area contributed by atoms with E-state index in [1.165, 1.54) is 11.1 Å². The second-order valence-corrected chi connectivity index (χ2v) is 8.09. The number of nitrogens with zero attached hydrogens (tertiary/aromatic N) is 3. The predicted octanol–water partition coefficient (Wildman–Crippen LogP) is 4.63. The van der Waals surface area contributed by atoms with Crippen molar-refractivity contribution >= 4 is 17.4 Å². The van der Waals surface area contributed by atoms with E-state index in [-0.39, 0.29) is 5.56 Å². The molecule has 1 fully saturated rings. The quantitative estimate of drug-likeness (QED) is 0.634. The molecule has 7 heteroatoms. The van der Waals surface area contributed by atoms with E-state index in [2.05, 4.69) is 51.3 Å². The fourth-order valence-corrected chi connectivity index (χ4v) is 3.83. The van der Waals surface area contributed by atoms with E-state index >= 15 is 0 Å². The molecule has 2 aromatic carbocycles. The van der Waals surface area contributed by atoms with E-state index in [0.717, 1.165) is 57.1 Å². The number of benzene rings is 2. The minimum Gasteiger partial charge on any atom is -0.355 e. The first kappa shape index (κ1) is 21.9. The SMILES string of the molecule is Cc1ccc(CN2CCCN(c3ccc(NC(=O)c4ccc(F)cc4F)cn3)CC2)cc1. The van der Waals surface area contributed by atoms with E-state index in [0.29, 0.717) is 11.8 Å². The minimum absolute atomic E-state index is 0.211. The molecule has 0 aliphatic carbocycles. The molecule has 1 N–H and O–H groups in total. The normalized spacial score (nSPS) is 14.8. The van der Waals surface area contributed by atoms with Crippen LogP contribution >= 0.6 is 0 Å². The van der Waals surface area contributed by atoms with Crippen molar-refractivity contribution in [3.63, 3.8) is 0 Å². The third-order valence-corrected chi connectivity index (χ3v) is 5.62. The van der Waals surface area contributed by atoms with Crippen molar-refractivity contribution in [2.24, 2.45) is 0 Å². The lowest BCUT2D eigenvalue weighted by molar-refractivity contribution is 0.102. The first-order valence-electron chi connectivity index (χ1n) is 10.7. The van der Waals surface area contributed by atoms with Crippen LogP contribution in [0.1, 0.15) is 27.9 Å². The number of halogens is 2. The molecule has 1 saturated heterocycles. The molecule has 2 heterocycles. The van der Waals surface area contributed by atoms with Crippen molar-refractivity contribution in [1.82, 2.24) is 9.88 Å². The zero-order valence-electron chi connectivity index (χ0n) is 18.0. The van der Waals surface area contributed by atoms with Crippen LogP contribution in [0.2, 0.25) is 0 Å². The van der Waals surface area contributed by atoms with Gasteiger partial charge >= 0.3 is 0 Å². The topological polar surface area (TPSA) is 48.5 Å². The van der Waals surface area contributed by atoms with Crippen LogP contribution in [0.5, 0.6) is 0 Å². The van der Waals surface area contributed by atoms with E-state index in [4.69, 9.17) is 0 Å². The summed E-state index contributed by atoms with van der Waals surface area (Å²) in [5.74, 6) is -1.42. The Balaban J connectivity index is 1.34. The Kier molecular flexibility index (Phi) is 6.75. The van der Waals surface area contributed by atoms with Gasteiger partial charge in [0.15, 0.2) is 0 Å². The summed E-state index contributed by atoms with van der Waals surface area (Å²) in [5.41, 5.74) is 2.83. The summed E-state index contributed by atoms with van der Waals surface area (Å²) in [6.45, 7) is 6.78. The summed E-state index contributed by atoms with van der Waals surface area (Å²) in [6, 6.07) is 15.1. The fourth-order valence-electron chi connectivity index (χ4n) is 3.83. The van der Waals surface area contributed by atoms with Crippen LogP contribution in [0, 0.1) is 18.6 Å². The number of aryl methyl sites for hydroxylation is 1. The summed E-state index contributed by atoms with van der Waals surface area (Å²) in [5, 5.41) is 2.61. The van der Waals surface area contributed by atoms with Gasteiger partial charge in [-0.2, -0.15) is 0 Å². The van der Waals surface area contributed by atoms with Crippen molar-refractivity contribution in [2.45, 2.75) is 19.9 Å². The molecule has 1 aromatic heterocycles. The summed E-state index contributed by atoms with van der Waals surface area (Å²) in [6.07, 6.45) is 2.60. The number of anilines is 2. The van der Waals surface area contributed by atoms with Crippen molar-refractivity contribution in [3.8, 4) is 0 Å². The molecule has 0 bridgehead atoms. The number of amides is 1. The maximum Gasteiger partial charge on any atom is 0.258 e. The van der Waals surface area contributed by atoms with Gasteiger partial charge in [0.05, 0.1) is 17.4 Å². The molecule has 0 unspecified atom stereocenters. The van der Waals surface area contributed by atoms with Gasteiger partial charge in [-0.25, -0.2) is 13.8 Å². The lowest BCUT2D eigenvalue weighted by atomic mass is 10.1. The zero-order chi connectivity index (χ0) is 22.5. The molecule has 0 saturated carbocycles. The average molecular weight is 437 g/mol. The number of hydrogen-bond acceptors (Lipinski definition) is 4. The van der Waals surface area contributed by atoms with Gasteiger partial charge in [0.25, 0.3) is 5.91 Å². The number of hydrogen-bond donors (Lipinski definition) is 1. The number of aromatic nitrogens is 1. The predicted molar refractivity (Wildman–Crippen MR) is 122 cm³/mol. The first-order chi connectivity index (χ1) is 15.5. The summed E-state index contributed by atoms with van der Waals surface area (Å²) >= 11 is 0. The number of nitrogens with one attached hydrogen (secondary N) is 1. The van der Waals surface area contributed by atoms with Crippen molar-refractivity contribution in [2.75, 3.05) is 36.4 Å². The van der Waals surface area contributed by atoms with Gasteiger partial charge in [0, 0.05) is 38.8 Å².